The van der Waals surface area contributed by atoms with Gasteiger partial charge in [0.2, 0.25) is 0 Å². The smallest absolute Gasteiger partial charge is 0.0710 e. The average Bonchev–Trinajstić information content (AvgIpc) is 3.05. The second-order valence-corrected chi connectivity index (χ2v) is 5.87. The van der Waals surface area contributed by atoms with Gasteiger partial charge in [-0.2, -0.15) is 11.3 Å². The molecule has 2 atom stereocenters. The summed E-state index contributed by atoms with van der Waals surface area (Å²) in [5, 5.41) is 14.5. The van der Waals surface area contributed by atoms with Crippen LogP contribution in [-0.4, -0.2) is 33.7 Å². The van der Waals surface area contributed by atoms with Crippen molar-refractivity contribution in [3.05, 3.63) is 52.5 Å². The van der Waals surface area contributed by atoms with Crippen molar-refractivity contribution in [3.63, 3.8) is 0 Å². The number of thiophene rings is 1. The fourth-order valence-electron chi connectivity index (χ4n) is 2.74. The topological polar surface area (TPSA) is 36.4 Å². The molecule has 0 saturated carbocycles. The van der Waals surface area contributed by atoms with Gasteiger partial charge in [0.1, 0.15) is 0 Å². The second kappa shape index (κ2) is 5.82. The summed E-state index contributed by atoms with van der Waals surface area (Å²) in [6, 6.07) is 6.42. The standard InChI is InChI=1S/C15H18N2OS/c18-15-3-6-17(10-13-4-7-19-11-13)14(15)8-12-2-1-5-16-9-12/h1-2,4-5,7,9,11,14-15,18H,3,6,8,10H2/t14-,15+/m0/s1. The van der Waals surface area contributed by atoms with Gasteiger partial charge >= 0.3 is 0 Å². The third-order valence-electron chi connectivity index (χ3n) is 3.76. The van der Waals surface area contributed by atoms with Crippen LogP contribution in [0.2, 0.25) is 0 Å². The van der Waals surface area contributed by atoms with Gasteiger partial charge in [-0.05, 0) is 46.9 Å². The molecule has 3 heterocycles. The fraction of sp³-hybridized carbons (Fsp3) is 0.400. The monoisotopic (exact) mass is 274 g/mol. The van der Waals surface area contributed by atoms with E-state index in [0.29, 0.717) is 0 Å². The van der Waals surface area contributed by atoms with Crippen molar-refractivity contribution in [3.8, 4) is 0 Å². The summed E-state index contributed by atoms with van der Waals surface area (Å²) in [6.45, 7) is 1.91. The largest absolute Gasteiger partial charge is 0.391 e. The molecule has 2 aromatic rings. The van der Waals surface area contributed by atoms with E-state index in [1.807, 2.05) is 12.3 Å². The molecule has 3 rings (SSSR count). The zero-order chi connectivity index (χ0) is 13.1. The Balaban J connectivity index is 1.70. The number of aliphatic hydroxyl groups is 1. The lowest BCUT2D eigenvalue weighted by Crippen LogP contribution is -2.36. The van der Waals surface area contributed by atoms with Gasteiger partial charge < -0.3 is 5.11 Å². The number of hydrogen-bond donors (Lipinski definition) is 1. The molecule has 2 aromatic heterocycles. The summed E-state index contributed by atoms with van der Waals surface area (Å²) < 4.78 is 0. The van der Waals surface area contributed by atoms with Crippen molar-refractivity contribution < 1.29 is 5.11 Å². The van der Waals surface area contributed by atoms with Gasteiger partial charge in [0, 0.05) is 31.5 Å². The summed E-state index contributed by atoms with van der Waals surface area (Å²) in [6.07, 6.45) is 5.21. The molecule has 0 aromatic carbocycles. The summed E-state index contributed by atoms with van der Waals surface area (Å²) in [7, 11) is 0. The number of rotatable bonds is 4. The van der Waals surface area contributed by atoms with E-state index in [9.17, 15) is 5.11 Å². The van der Waals surface area contributed by atoms with Crippen molar-refractivity contribution in [2.24, 2.45) is 0 Å². The Hall–Kier alpha value is -1.23. The van der Waals surface area contributed by atoms with Crippen molar-refractivity contribution in [2.45, 2.75) is 31.5 Å². The van der Waals surface area contributed by atoms with Crippen molar-refractivity contribution >= 4 is 11.3 Å². The minimum Gasteiger partial charge on any atom is -0.391 e. The first-order valence-electron chi connectivity index (χ1n) is 6.65. The molecule has 1 aliphatic heterocycles. The average molecular weight is 274 g/mol. The lowest BCUT2D eigenvalue weighted by molar-refractivity contribution is 0.112. The van der Waals surface area contributed by atoms with Gasteiger partial charge in [0.15, 0.2) is 0 Å². The Morgan fingerprint density at radius 3 is 3.05 bits per heavy atom. The minimum absolute atomic E-state index is 0.212. The Morgan fingerprint density at radius 1 is 1.37 bits per heavy atom. The molecule has 1 aliphatic rings. The third kappa shape index (κ3) is 3.03. The van der Waals surface area contributed by atoms with Crippen LogP contribution in [-0.2, 0) is 13.0 Å². The van der Waals surface area contributed by atoms with Gasteiger partial charge in [-0.15, -0.1) is 0 Å². The van der Waals surface area contributed by atoms with Gasteiger partial charge in [0.25, 0.3) is 0 Å². The van der Waals surface area contributed by atoms with Crippen LogP contribution in [0.25, 0.3) is 0 Å². The first kappa shape index (κ1) is 12.8. The molecule has 1 fully saturated rings. The molecule has 19 heavy (non-hydrogen) atoms. The van der Waals surface area contributed by atoms with E-state index in [4.69, 9.17) is 0 Å². The number of hydrogen-bond acceptors (Lipinski definition) is 4. The van der Waals surface area contributed by atoms with Crippen LogP contribution in [0.4, 0.5) is 0 Å². The minimum atomic E-state index is -0.223. The van der Waals surface area contributed by atoms with Crippen LogP contribution < -0.4 is 0 Å². The maximum Gasteiger partial charge on any atom is 0.0710 e. The van der Waals surface area contributed by atoms with Crippen molar-refractivity contribution in [1.29, 1.82) is 0 Å². The Bertz CT molecular complexity index is 500. The summed E-state index contributed by atoms with van der Waals surface area (Å²) in [5.74, 6) is 0. The van der Waals surface area contributed by atoms with Crippen molar-refractivity contribution in [1.82, 2.24) is 9.88 Å². The van der Waals surface area contributed by atoms with E-state index >= 15 is 0 Å². The first-order valence-corrected chi connectivity index (χ1v) is 7.59. The molecular formula is C15H18N2OS. The highest BCUT2D eigenvalue weighted by atomic mass is 32.1. The molecule has 4 heteroatoms. The van der Waals surface area contributed by atoms with Crippen LogP contribution in [0.5, 0.6) is 0 Å². The summed E-state index contributed by atoms with van der Waals surface area (Å²) >= 11 is 1.73. The van der Waals surface area contributed by atoms with Crippen LogP contribution >= 0.6 is 11.3 Å². The number of likely N-dealkylation sites (tertiary alicyclic amines) is 1. The Morgan fingerprint density at radius 2 is 2.32 bits per heavy atom. The normalized spacial score (nSPS) is 23.8. The molecule has 0 spiro atoms. The summed E-state index contributed by atoms with van der Waals surface area (Å²) in [5.41, 5.74) is 2.54. The molecule has 1 saturated heterocycles. The van der Waals surface area contributed by atoms with Crippen LogP contribution in [0.15, 0.2) is 41.4 Å². The van der Waals surface area contributed by atoms with Gasteiger partial charge in [-0.3, -0.25) is 9.88 Å². The van der Waals surface area contributed by atoms with E-state index in [-0.39, 0.29) is 12.1 Å². The van der Waals surface area contributed by atoms with Gasteiger partial charge in [-0.1, -0.05) is 6.07 Å². The number of nitrogens with zero attached hydrogens (tertiary/aromatic N) is 2. The van der Waals surface area contributed by atoms with Gasteiger partial charge in [-0.25, -0.2) is 0 Å². The van der Waals surface area contributed by atoms with E-state index in [2.05, 4.69) is 32.8 Å². The van der Waals surface area contributed by atoms with E-state index < -0.39 is 0 Å². The van der Waals surface area contributed by atoms with Crippen LogP contribution in [0, 0.1) is 0 Å². The highest BCUT2D eigenvalue weighted by Gasteiger charge is 2.32. The Labute approximate surface area is 117 Å². The lowest BCUT2D eigenvalue weighted by Gasteiger charge is -2.25. The molecular weight excluding hydrogens is 256 g/mol. The second-order valence-electron chi connectivity index (χ2n) is 5.09. The lowest BCUT2D eigenvalue weighted by atomic mass is 10.0. The first-order chi connectivity index (χ1) is 9.33. The summed E-state index contributed by atoms with van der Waals surface area (Å²) in [4.78, 5) is 6.54. The molecule has 0 unspecified atom stereocenters. The molecule has 3 nitrogen and oxygen atoms in total. The van der Waals surface area contributed by atoms with E-state index in [0.717, 1.165) is 25.9 Å². The molecule has 0 bridgehead atoms. The van der Waals surface area contributed by atoms with Gasteiger partial charge in [0.05, 0.1) is 6.10 Å². The molecule has 0 radical (unpaired) electrons. The maximum atomic E-state index is 10.2. The number of pyridine rings is 1. The SMILES string of the molecule is O[C@@H]1CCN(Cc2ccsc2)[C@H]1Cc1cccnc1. The predicted molar refractivity (Wildman–Crippen MR) is 77.1 cm³/mol. The highest BCUT2D eigenvalue weighted by molar-refractivity contribution is 7.07. The highest BCUT2D eigenvalue weighted by Crippen LogP contribution is 2.24. The zero-order valence-corrected chi connectivity index (χ0v) is 11.6. The molecule has 1 N–H and O–H groups in total. The molecule has 100 valence electrons. The maximum absolute atomic E-state index is 10.2. The quantitative estimate of drug-likeness (QED) is 0.929. The molecule has 0 aliphatic carbocycles. The molecule has 0 amide bonds. The van der Waals surface area contributed by atoms with Crippen LogP contribution in [0.1, 0.15) is 17.5 Å². The van der Waals surface area contributed by atoms with E-state index in [1.165, 1.54) is 11.1 Å². The van der Waals surface area contributed by atoms with E-state index in [1.54, 1.807) is 17.5 Å². The number of aromatic nitrogens is 1. The fourth-order valence-corrected chi connectivity index (χ4v) is 3.40. The Kier molecular flexibility index (Phi) is 3.92. The van der Waals surface area contributed by atoms with Crippen molar-refractivity contribution in [2.75, 3.05) is 6.54 Å². The number of aliphatic hydroxyl groups excluding tert-OH is 1. The predicted octanol–water partition coefficient (Wildman–Crippen LogP) is 2.32. The third-order valence-corrected chi connectivity index (χ3v) is 4.49. The zero-order valence-electron chi connectivity index (χ0n) is 10.8. The van der Waals surface area contributed by atoms with Crippen LogP contribution in [0.3, 0.4) is 0 Å².